The number of rotatable bonds is 11. The second kappa shape index (κ2) is 12.6. The van der Waals surface area contributed by atoms with Gasteiger partial charge in [-0.3, -0.25) is 14.2 Å². The van der Waals surface area contributed by atoms with Crippen LogP contribution < -0.4 is 10.1 Å². The molecule has 5 aromatic rings. The van der Waals surface area contributed by atoms with E-state index in [0.717, 1.165) is 6.07 Å². The first-order valence-corrected chi connectivity index (χ1v) is 14.8. The van der Waals surface area contributed by atoms with Gasteiger partial charge in [0.15, 0.2) is 11.6 Å². The summed E-state index contributed by atoms with van der Waals surface area (Å²) in [5, 5.41) is 12.1. The molecule has 14 heteroatoms. The molecule has 242 valence electrons. The highest BCUT2D eigenvalue weighted by Crippen LogP contribution is 2.48. The number of carbonyl (C=O) groups excluding carboxylic acids is 1. The third-order valence-electron chi connectivity index (χ3n) is 8.16. The van der Waals surface area contributed by atoms with Gasteiger partial charge in [0.05, 0.1) is 34.0 Å². The number of carbonyl (C=O) groups is 2. The number of alkyl halides is 1. The van der Waals surface area contributed by atoms with Crippen LogP contribution in [-0.4, -0.2) is 50.2 Å². The Balaban J connectivity index is 1.28. The minimum atomic E-state index is -1.45. The zero-order valence-corrected chi connectivity index (χ0v) is 25.5. The summed E-state index contributed by atoms with van der Waals surface area (Å²) in [6.07, 6.45) is 2.08. The molecule has 1 saturated carbocycles. The first-order valence-electron chi connectivity index (χ1n) is 14.4. The smallest absolute Gasteiger partial charge is 0.335 e. The summed E-state index contributed by atoms with van der Waals surface area (Å²) >= 11 is 6.25. The predicted molar refractivity (Wildman–Crippen MR) is 164 cm³/mol. The maximum Gasteiger partial charge on any atom is 0.335 e. The second-order valence-electron chi connectivity index (χ2n) is 11.3. The summed E-state index contributed by atoms with van der Waals surface area (Å²) < 4.78 is 67.8. The molecular weight excluding hydrogens is 642 g/mol. The fraction of sp³-hybridized carbons (Fsp3) is 0.242. The Morgan fingerprint density at radius 2 is 1.87 bits per heavy atom. The number of aromatic carboxylic acids is 1. The van der Waals surface area contributed by atoms with E-state index in [4.69, 9.17) is 16.3 Å². The number of amides is 1. The molecule has 0 aliphatic heterocycles. The molecule has 1 aliphatic rings. The van der Waals surface area contributed by atoms with Gasteiger partial charge in [0.2, 0.25) is 5.88 Å². The van der Waals surface area contributed by atoms with Gasteiger partial charge in [-0.2, -0.15) is 0 Å². The lowest BCUT2D eigenvalue weighted by molar-refractivity contribution is 0.0696. The average molecular weight is 668 g/mol. The van der Waals surface area contributed by atoms with Crippen LogP contribution in [0.15, 0.2) is 54.7 Å². The molecule has 47 heavy (non-hydrogen) atoms. The lowest BCUT2D eigenvalue weighted by Crippen LogP contribution is -2.19. The van der Waals surface area contributed by atoms with Crippen LogP contribution in [0.4, 0.5) is 17.6 Å². The Bertz CT molecular complexity index is 2050. The number of carboxylic acid groups (broad SMARTS) is 1. The van der Waals surface area contributed by atoms with Crippen molar-refractivity contribution in [3.05, 3.63) is 105 Å². The van der Waals surface area contributed by atoms with Gasteiger partial charge in [-0.15, -0.1) is 0 Å². The number of nitrogens with one attached hydrogen (secondary N) is 1. The summed E-state index contributed by atoms with van der Waals surface area (Å²) in [5.74, 6) is -5.30. The topological polar surface area (TPSA) is 119 Å². The van der Waals surface area contributed by atoms with Crippen molar-refractivity contribution in [2.24, 2.45) is 5.41 Å². The van der Waals surface area contributed by atoms with Gasteiger partial charge < -0.3 is 19.7 Å². The fourth-order valence-corrected chi connectivity index (χ4v) is 5.42. The van der Waals surface area contributed by atoms with Gasteiger partial charge >= 0.3 is 5.97 Å². The first-order chi connectivity index (χ1) is 22.5. The van der Waals surface area contributed by atoms with E-state index in [1.54, 1.807) is 4.57 Å². The van der Waals surface area contributed by atoms with E-state index in [1.165, 1.54) is 55.7 Å². The lowest BCUT2D eigenvalue weighted by Gasteiger charge is -2.16. The molecule has 2 aromatic carbocycles. The molecule has 0 bridgehead atoms. The Morgan fingerprint density at radius 3 is 2.55 bits per heavy atom. The molecule has 0 saturated heterocycles. The number of hydrogen-bond donors (Lipinski definition) is 2. The molecule has 2 N–H and O–H groups in total. The number of halogens is 5. The van der Waals surface area contributed by atoms with Crippen molar-refractivity contribution >= 4 is 34.5 Å². The normalized spacial score (nSPS) is 13.5. The third kappa shape index (κ3) is 6.35. The molecule has 0 radical (unpaired) electrons. The summed E-state index contributed by atoms with van der Waals surface area (Å²) in [6, 6.07) is 10.7. The molecule has 9 nitrogen and oxygen atoms in total. The minimum absolute atomic E-state index is 0.00885. The van der Waals surface area contributed by atoms with Crippen LogP contribution in [0.2, 0.25) is 5.02 Å². The first kappa shape index (κ1) is 31.9. The second-order valence-corrected chi connectivity index (χ2v) is 11.7. The molecule has 1 amide bonds. The highest BCUT2D eigenvalue weighted by Gasteiger charge is 2.44. The molecule has 6 rings (SSSR count). The monoisotopic (exact) mass is 667 g/mol. The van der Waals surface area contributed by atoms with Gasteiger partial charge in [-0.1, -0.05) is 17.7 Å². The Kier molecular flexibility index (Phi) is 8.58. The Morgan fingerprint density at radius 1 is 1.09 bits per heavy atom. The quantitative estimate of drug-likeness (QED) is 0.121. The number of ether oxygens (including phenoxy) is 1. The van der Waals surface area contributed by atoms with E-state index in [9.17, 15) is 19.1 Å². The van der Waals surface area contributed by atoms with Crippen molar-refractivity contribution in [3.63, 3.8) is 0 Å². The number of nitrogens with zero attached hydrogens (tertiary/aromatic N) is 4. The molecule has 0 spiro atoms. The van der Waals surface area contributed by atoms with Crippen molar-refractivity contribution in [2.75, 3.05) is 13.7 Å². The van der Waals surface area contributed by atoms with Crippen molar-refractivity contribution in [1.82, 2.24) is 24.8 Å². The summed E-state index contributed by atoms with van der Waals surface area (Å²) in [6.45, 7) is -0.613. The van der Waals surface area contributed by atoms with Crippen LogP contribution >= 0.6 is 11.6 Å². The van der Waals surface area contributed by atoms with E-state index >= 15 is 13.2 Å². The average Bonchev–Trinajstić information content (AvgIpc) is 3.78. The van der Waals surface area contributed by atoms with Crippen molar-refractivity contribution in [3.8, 4) is 17.1 Å². The Labute approximate surface area is 270 Å². The van der Waals surface area contributed by atoms with Crippen LogP contribution in [0.3, 0.4) is 0 Å². The lowest BCUT2D eigenvalue weighted by atomic mass is 10.0. The van der Waals surface area contributed by atoms with E-state index in [2.05, 4.69) is 20.3 Å². The van der Waals surface area contributed by atoms with Gasteiger partial charge in [0.1, 0.15) is 23.9 Å². The summed E-state index contributed by atoms with van der Waals surface area (Å²) in [5.41, 5.74) is -0.571. The van der Waals surface area contributed by atoms with E-state index in [0.29, 0.717) is 29.4 Å². The molecule has 0 atom stereocenters. The summed E-state index contributed by atoms with van der Waals surface area (Å²) in [7, 11) is 1.46. The number of aromatic nitrogens is 4. The van der Waals surface area contributed by atoms with E-state index < -0.39 is 59.0 Å². The standard InChI is InChI=1S/C33H26ClF4N5O4/c1-39-31(44)25-12-21(34)18(13-40-25)14-47-28-4-2-3-23(42-28)20-10-22(36)19(29(37)30(20)38)11-27-41-24-6-5-17(32(45)46)9-26(24)43(27)16-33(15-35)7-8-33/h2-6,9-10,12-13H,7-8,11,14-16H2,1H3,(H,39,44)(H,45,46). The SMILES string of the molecule is CNC(=O)c1cc(Cl)c(COc2cccc(-c3cc(F)c(Cc4nc5ccc(C(=O)O)cc5n4CC4(CF)CC4)c(F)c3F)n2)cn1. The van der Waals surface area contributed by atoms with Crippen molar-refractivity contribution in [1.29, 1.82) is 0 Å². The molecular formula is C33H26ClF4N5O4. The molecule has 1 aliphatic carbocycles. The van der Waals surface area contributed by atoms with Crippen molar-refractivity contribution in [2.45, 2.75) is 32.4 Å². The number of fused-ring (bicyclic) bond motifs is 1. The van der Waals surface area contributed by atoms with Gasteiger partial charge in [-0.25, -0.2) is 27.9 Å². The molecule has 1 fully saturated rings. The van der Waals surface area contributed by atoms with Crippen LogP contribution in [0, 0.1) is 22.9 Å². The fourth-order valence-electron chi connectivity index (χ4n) is 5.22. The maximum absolute atomic E-state index is 15.6. The van der Waals surface area contributed by atoms with Gasteiger partial charge in [0.25, 0.3) is 5.91 Å². The third-order valence-corrected chi connectivity index (χ3v) is 8.51. The van der Waals surface area contributed by atoms with Crippen molar-refractivity contribution < 1.29 is 37.0 Å². The zero-order valence-electron chi connectivity index (χ0n) is 24.8. The van der Waals surface area contributed by atoms with E-state index in [-0.39, 0.29) is 46.8 Å². The largest absolute Gasteiger partial charge is 0.478 e. The Hall–Kier alpha value is -5.04. The molecule has 0 unspecified atom stereocenters. The maximum atomic E-state index is 15.6. The number of hydrogen-bond acceptors (Lipinski definition) is 6. The number of carboxylic acids is 1. The molecule has 3 heterocycles. The zero-order chi connectivity index (χ0) is 33.5. The number of benzene rings is 2. The minimum Gasteiger partial charge on any atom is -0.478 e. The van der Waals surface area contributed by atoms with Crippen LogP contribution in [0.5, 0.6) is 5.88 Å². The highest BCUT2D eigenvalue weighted by atomic mass is 35.5. The summed E-state index contributed by atoms with van der Waals surface area (Å²) in [4.78, 5) is 36.1. The highest BCUT2D eigenvalue weighted by molar-refractivity contribution is 6.31. The number of imidazole rings is 1. The van der Waals surface area contributed by atoms with Gasteiger partial charge in [-0.05, 0) is 49.2 Å². The number of pyridine rings is 2. The van der Waals surface area contributed by atoms with Crippen LogP contribution in [-0.2, 0) is 19.6 Å². The van der Waals surface area contributed by atoms with Crippen LogP contribution in [0.25, 0.3) is 22.3 Å². The van der Waals surface area contributed by atoms with Gasteiger partial charge in [0, 0.05) is 54.4 Å². The molecule has 3 aromatic heterocycles. The van der Waals surface area contributed by atoms with E-state index in [1.807, 2.05) is 0 Å². The predicted octanol–water partition coefficient (Wildman–Crippen LogP) is 6.54. The van der Waals surface area contributed by atoms with Crippen LogP contribution in [0.1, 0.15) is 50.6 Å².